The maximum Gasteiger partial charge on any atom is 0.268 e. The lowest BCUT2D eigenvalue weighted by Crippen LogP contribution is -2.46. The molecule has 508 valence electrons. The minimum absolute atomic E-state index is 0.00923. The number of phosphoric ester groups is 1. The van der Waals surface area contributed by atoms with Crippen LogP contribution in [0.2, 0.25) is 0 Å². The maximum atomic E-state index is 13.1. The van der Waals surface area contributed by atoms with Gasteiger partial charge < -0.3 is 28.8 Å². The summed E-state index contributed by atoms with van der Waals surface area (Å²) in [4.78, 5) is 25.7. The number of amides is 1. The van der Waals surface area contributed by atoms with Gasteiger partial charge in [0.25, 0.3) is 7.82 Å². The van der Waals surface area contributed by atoms with Crippen LogP contribution < -0.4 is 10.2 Å². The van der Waals surface area contributed by atoms with E-state index in [9.17, 15) is 19.4 Å². The van der Waals surface area contributed by atoms with Gasteiger partial charge in [-0.05, 0) is 70.6 Å². The Hall–Kier alpha value is -2.32. The summed E-state index contributed by atoms with van der Waals surface area (Å²) in [7, 11) is 1.31. The van der Waals surface area contributed by atoms with Crippen LogP contribution in [0.4, 0.5) is 0 Å². The molecule has 0 aliphatic carbocycles. The molecule has 3 unspecified atom stereocenters. The third-order valence-electron chi connectivity index (χ3n) is 16.9. The fourth-order valence-corrected chi connectivity index (χ4v) is 11.9. The van der Waals surface area contributed by atoms with E-state index in [0.717, 1.165) is 83.5 Å². The zero-order chi connectivity index (χ0) is 63.4. The van der Waals surface area contributed by atoms with E-state index in [1.54, 1.807) is 0 Å². The van der Waals surface area contributed by atoms with Crippen molar-refractivity contribution < 1.29 is 32.9 Å². The van der Waals surface area contributed by atoms with Crippen LogP contribution in [0.1, 0.15) is 354 Å². The summed E-state index contributed by atoms with van der Waals surface area (Å²) in [6.45, 7) is 4.65. The minimum atomic E-state index is -4.59. The van der Waals surface area contributed by atoms with Gasteiger partial charge in [0.2, 0.25) is 5.91 Å². The summed E-state index contributed by atoms with van der Waals surface area (Å²) in [6, 6.07) is -0.810. The highest BCUT2D eigenvalue weighted by Crippen LogP contribution is 2.38. The first kappa shape index (κ1) is 84.7. The molecule has 0 spiro atoms. The lowest BCUT2D eigenvalue weighted by atomic mass is 10.0. The summed E-state index contributed by atoms with van der Waals surface area (Å²) in [5.74, 6) is -0.166. The highest BCUT2D eigenvalue weighted by molar-refractivity contribution is 7.45. The first-order valence-electron chi connectivity index (χ1n) is 37.4. The second kappa shape index (κ2) is 68.1. The second-order valence-corrected chi connectivity index (χ2v) is 28.0. The number of carbonyl (C=O) groups is 1. The summed E-state index contributed by atoms with van der Waals surface area (Å²) in [5, 5.41) is 14.1. The molecule has 87 heavy (non-hydrogen) atoms. The zero-order valence-corrected chi connectivity index (χ0v) is 59.1. The van der Waals surface area contributed by atoms with Crippen LogP contribution in [-0.4, -0.2) is 68.5 Å². The Morgan fingerprint density at radius 2 is 0.701 bits per heavy atom. The van der Waals surface area contributed by atoms with Crippen molar-refractivity contribution in [3.63, 3.8) is 0 Å². The van der Waals surface area contributed by atoms with Crippen LogP contribution in [0.3, 0.4) is 0 Å². The number of nitrogens with zero attached hydrogens (tertiary/aromatic N) is 1. The number of unbranched alkanes of at least 4 members (excludes halogenated alkanes) is 42. The Morgan fingerprint density at radius 3 is 1.02 bits per heavy atom. The molecule has 2 N–H and O–H groups in total. The van der Waals surface area contributed by atoms with Gasteiger partial charge in [0, 0.05) is 6.42 Å². The summed E-state index contributed by atoms with van der Waals surface area (Å²) < 4.78 is 23.6. The smallest absolute Gasteiger partial charge is 0.268 e. The third kappa shape index (κ3) is 71.0. The summed E-state index contributed by atoms with van der Waals surface area (Å²) in [6.07, 6.45) is 96.7. The third-order valence-corrected chi connectivity index (χ3v) is 17.9. The van der Waals surface area contributed by atoms with Gasteiger partial charge in [-0.15, -0.1) is 0 Å². The molecule has 9 heteroatoms. The molecule has 0 aromatic rings. The molecule has 0 saturated heterocycles. The number of quaternary nitrogens is 1. The van der Waals surface area contributed by atoms with Crippen molar-refractivity contribution in [2.24, 2.45) is 0 Å². The largest absolute Gasteiger partial charge is 0.756 e. The Morgan fingerprint density at radius 1 is 0.414 bits per heavy atom. The van der Waals surface area contributed by atoms with Gasteiger partial charge >= 0.3 is 0 Å². The first-order valence-corrected chi connectivity index (χ1v) is 38.9. The molecule has 0 radical (unpaired) electrons. The number of nitrogens with one attached hydrogen (secondary N) is 1. The van der Waals surface area contributed by atoms with Crippen LogP contribution >= 0.6 is 7.82 Å². The molecule has 3 atom stereocenters. The van der Waals surface area contributed by atoms with Crippen molar-refractivity contribution in [1.82, 2.24) is 5.32 Å². The van der Waals surface area contributed by atoms with Gasteiger partial charge in [-0.2, -0.15) is 0 Å². The summed E-state index contributed by atoms with van der Waals surface area (Å²) >= 11 is 0. The van der Waals surface area contributed by atoms with E-state index < -0.39 is 20.0 Å². The van der Waals surface area contributed by atoms with Crippen LogP contribution in [0, 0.1) is 0 Å². The average molecular weight is 1240 g/mol. The number of hydrogen-bond acceptors (Lipinski definition) is 6. The van der Waals surface area contributed by atoms with E-state index in [0.29, 0.717) is 23.9 Å². The number of allylic oxidation sites excluding steroid dienone is 14. The molecular formula is C78H145N2O6P. The molecule has 0 fully saturated rings. The van der Waals surface area contributed by atoms with E-state index in [1.165, 1.54) is 244 Å². The molecular weight excluding hydrogens is 1090 g/mol. The van der Waals surface area contributed by atoms with Crippen molar-refractivity contribution in [1.29, 1.82) is 0 Å². The van der Waals surface area contributed by atoms with E-state index in [4.69, 9.17) is 9.05 Å². The minimum Gasteiger partial charge on any atom is -0.756 e. The van der Waals surface area contributed by atoms with E-state index >= 15 is 0 Å². The topological polar surface area (TPSA) is 108 Å². The predicted octanol–water partition coefficient (Wildman–Crippen LogP) is 23.6. The predicted molar refractivity (Wildman–Crippen MR) is 380 cm³/mol. The average Bonchev–Trinajstić information content (AvgIpc) is 3.71. The number of phosphoric acid groups is 1. The maximum absolute atomic E-state index is 13.1. The SMILES string of the molecule is CC/C=C\C/C=C\C/C=C\C/C=C\C/C=C\C/C=C\C/C=C\CCCCCCCCCCCCCC(=O)NC(COP(=O)([O-])OCC[N+](C)(C)C)C(O)CCCCCCCCCCCCCCCCCCCCCCCCCCCCCCCCCC. The van der Waals surface area contributed by atoms with Gasteiger partial charge in [0.1, 0.15) is 13.2 Å². The second-order valence-electron chi connectivity index (χ2n) is 26.6. The van der Waals surface area contributed by atoms with Crippen molar-refractivity contribution in [2.75, 3.05) is 40.9 Å². The summed E-state index contributed by atoms with van der Waals surface area (Å²) in [5.41, 5.74) is 0. The van der Waals surface area contributed by atoms with E-state index in [-0.39, 0.29) is 19.1 Å². The van der Waals surface area contributed by atoms with Crippen molar-refractivity contribution in [2.45, 2.75) is 366 Å². The molecule has 0 heterocycles. The standard InChI is InChI=1S/C78H145N2O6P/c1-6-8-10-12-14-16-18-20-22-24-26-28-30-32-34-36-38-40-42-44-46-48-50-52-54-56-58-60-62-64-66-68-70-72-78(82)79-76(75-86-87(83,84)85-74-73-80(3,4)5)77(81)71-69-67-65-63-61-59-57-55-53-51-49-47-45-43-41-39-37-35-33-31-29-27-25-23-21-19-17-15-13-11-9-7-2/h8,10,14,16,20,22,26,28,32,34,38,40,44,46,76-77,81H,6-7,9,11-13,15,17-19,21,23-25,27,29-31,33,35-37,39,41-43,45,47-75H2,1-5H3,(H-,79,82,83,84)/b10-8-,16-14-,22-20-,28-26-,34-32-,40-38-,46-44-. The molecule has 8 nitrogen and oxygen atoms in total. The highest BCUT2D eigenvalue weighted by atomic mass is 31.2. The lowest BCUT2D eigenvalue weighted by Gasteiger charge is -2.30. The molecule has 0 saturated carbocycles. The molecule has 0 bridgehead atoms. The Bertz CT molecular complexity index is 1700. The quantitative estimate of drug-likeness (QED) is 0.0272. The highest BCUT2D eigenvalue weighted by Gasteiger charge is 2.24. The number of aliphatic hydroxyl groups excluding tert-OH is 1. The van der Waals surface area contributed by atoms with Crippen LogP contribution in [0.5, 0.6) is 0 Å². The molecule has 1 amide bonds. The number of rotatable bonds is 69. The van der Waals surface area contributed by atoms with Gasteiger partial charge in [0.05, 0.1) is 39.9 Å². The monoisotopic (exact) mass is 1240 g/mol. The normalized spacial score (nSPS) is 14.1. The number of aliphatic hydroxyl groups is 1. The fourth-order valence-electron chi connectivity index (χ4n) is 11.1. The number of carbonyl (C=O) groups excluding carboxylic acids is 1. The molecule has 0 aliphatic rings. The first-order chi connectivity index (χ1) is 42.5. The Balaban J connectivity index is 4.02. The Labute approximate surface area is 541 Å². The van der Waals surface area contributed by atoms with Gasteiger partial charge in [-0.3, -0.25) is 9.36 Å². The Kier molecular flexibility index (Phi) is 66.2. The molecule has 0 rings (SSSR count). The van der Waals surface area contributed by atoms with Gasteiger partial charge in [-0.25, -0.2) is 0 Å². The fraction of sp³-hybridized carbons (Fsp3) is 0.808. The molecule has 0 aromatic carbocycles. The molecule has 0 aliphatic heterocycles. The van der Waals surface area contributed by atoms with Gasteiger partial charge in [-0.1, -0.05) is 362 Å². The molecule has 0 aromatic heterocycles. The van der Waals surface area contributed by atoms with Crippen molar-refractivity contribution in [3.8, 4) is 0 Å². The van der Waals surface area contributed by atoms with Crippen molar-refractivity contribution >= 4 is 13.7 Å². The van der Waals surface area contributed by atoms with Crippen molar-refractivity contribution in [3.05, 3.63) is 85.1 Å². The lowest BCUT2D eigenvalue weighted by molar-refractivity contribution is -0.870. The van der Waals surface area contributed by atoms with Crippen LogP contribution in [0.15, 0.2) is 85.1 Å². The van der Waals surface area contributed by atoms with E-state index in [1.807, 2.05) is 21.1 Å². The van der Waals surface area contributed by atoms with Crippen LogP contribution in [-0.2, 0) is 18.4 Å². The zero-order valence-electron chi connectivity index (χ0n) is 58.2. The van der Waals surface area contributed by atoms with Gasteiger partial charge in [0.15, 0.2) is 0 Å². The number of hydrogen-bond donors (Lipinski definition) is 2. The number of likely N-dealkylation sites (N-methyl/N-ethyl adjacent to an activating group) is 1. The van der Waals surface area contributed by atoms with Crippen LogP contribution in [0.25, 0.3) is 0 Å². The van der Waals surface area contributed by atoms with E-state index in [2.05, 4.69) is 104 Å².